The topological polar surface area (TPSA) is 58.9 Å². The van der Waals surface area contributed by atoms with E-state index in [4.69, 9.17) is 5.11 Å². The van der Waals surface area contributed by atoms with E-state index in [2.05, 4.69) is 15.2 Å². The number of nitrogens with zero attached hydrogens (tertiary/aromatic N) is 3. The molecule has 0 atom stereocenters. The molecule has 0 aliphatic rings. The van der Waals surface area contributed by atoms with E-state index in [1.165, 1.54) is 18.0 Å². The molecule has 0 spiro atoms. The second-order valence-electron chi connectivity index (χ2n) is 1.59. The van der Waals surface area contributed by atoms with Gasteiger partial charge in [-0.2, -0.15) is 5.10 Å². The van der Waals surface area contributed by atoms with E-state index in [0.717, 1.165) is 0 Å². The number of rotatable bonds is 2. The summed E-state index contributed by atoms with van der Waals surface area (Å²) in [5.41, 5.74) is 0.555. The highest BCUT2D eigenvalue weighted by Gasteiger charge is 1.95. The summed E-state index contributed by atoms with van der Waals surface area (Å²) in [6.45, 7) is -0.0803. The van der Waals surface area contributed by atoms with Crippen LogP contribution in [0.2, 0.25) is 0 Å². The lowest BCUT2D eigenvalue weighted by molar-refractivity contribution is 0.274. The smallest absolute Gasteiger partial charge is 0.209 e. The molecule has 1 aromatic rings. The van der Waals surface area contributed by atoms with E-state index < -0.39 is 0 Å². The Labute approximate surface area is 62.7 Å². The third-order valence-corrected chi connectivity index (χ3v) is 1.47. The van der Waals surface area contributed by atoms with Gasteiger partial charge in [-0.15, -0.1) is 5.10 Å². The van der Waals surface area contributed by atoms with Crippen LogP contribution in [0.15, 0.2) is 11.4 Å². The Morgan fingerprint density at radius 2 is 2.50 bits per heavy atom. The third-order valence-electron chi connectivity index (χ3n) is 0.934. The van der Waals surface area contributed by atoms with Crippen molar-refractivity contribution in [1.29, 1.82) is 0 Å². The number of aliphatic hydroxyl groups excluding tert-OH is 1. The maximum atomic E-state index is 8.62. The lowest BCUT2D eigenvalue weighted by atomic mass is 10.5. The fraction of sp³-hybridized carbons (Fsp3) is 0.400. The fourth-order valence-corrected chi connectivity index (χ4v) is 0.819. The lowest BCUT2D eigenvalue weighted by Gasteiger charge is -1.94. The molecule has 0 aliphatic heterocycles. The predicted molar refractivity (Wildman–Crippen MR) is 37.5 cm³/mol. The zero-order chi connectivity index (χ0) is 7.40. The summed E-state index contributed by atoms with van der Waals surface area (Å²) in [5, 5.41) is 16.5. The molecule has 0 radical (unpaired) electrons. The molecular weight excluding hydrogens is 150 g/mol. The molecule has 1 N–H and O–H groups in total. The van der Waals surface area contributed by atoms with Crippen molar-refractivity contribution in [2.75, 3.05) is 6.26 Å². The molecular formula is C5H7N3OS. The number of thioether (sulfide) groups is 1. The quantitative estimate of drug-likeness (QED) is 0.616. The van der Waals surface area contributed by atoms with Gasteiger partial charge in [0.15, 0.2) is 0 Å². The van der Waals surface area contributed by atoms with Crippen molar-refractivity contribution < 1.29 is 5.11 Å². The number of aromatic nitrogens is 3. The van der Waals surface area contributed by atoms with Crippen LogP contribution in [0.5, 0.6) is 0 Å². The van der Waals surface area contributed by atoms with Crippen LogP contribution in [0, 0.1) is 0 Å². The minimum atomic E-state index is -0.0803. The Hall–Kier alpha value is -0.680. The molecule has 4 nitrogen and oxygen atoms in total. The van der Waals surface area contributed by atoms with Gasteiger partial charge in [0, 0.05) is 0 Å². The summed E-state index contributed by atoms with van der Waals surface area (Å²) in [7, 11) is 0. The van der Waals surface area contributed by atoms with Gasteiger partial charge in [-0.1, -0.05) is 11.8 Å². The first-order valence-corrected chi connectivity index (χ1v) is 3.92. The van der Waals surface area contributed by atoms with Crippen molar-refractivity contribution in [2.45, 2.75) is 11.8 Å². The predicted octanol–water partition coefficient (Wildman–Crippen LogP) is 0.0858. The van der Waals surface area contributed by atoms with E-state index in [0.29, 0.717) is 10.9 Å². The van der Waals surface area contributed by atoms with Crippen molar-refractivity contribution in [1.82, 2.24) is 15.2 Å². The van der Waals surface area contributed by atoms with Crippen molar-refractivity contribution in [3.63, 3.8) is 0 Å². The van der Waals surface area contributed by atoms with E-state index in [1.54, 1.807) is 0 Å². The lowest BCUT2D eigenvalue weighted by Crippen LogP contribution is -1.95. The second-order valence-corrected chi connectivity index (χ2v) is 2.37. The summed E-state index contributed by atoms with van der Waals surface area (Å²) < 4.78 is 0. The van der Waals surface area contributed by atoms with Crippen molar-refractivity contribution in [3.8, 4) is 0 Å². The molecule has 1 rings (SSSR count). The van der Waals surface area contributed by atoms with Crippen LogP contribution in [0.1, 0.15) is 5.69 Å². The Balaban J connectivity index is 2.87. The molecule has 1 aromatic heterocycles. The van der Waals surface area contributed by atoms with Gasteiger partial charge < -0.3 is 5.11 Å². The van der Waals surface area contributed by atoms with Crippen LogP contribution in [0.25, 0.3) is 0 Å². The number of aliphatic hydroxyl groups is 1. The van der Waals surface area contributed by atoms with Gasteiger partial charge in [-0.05, 0) is 6.26 Å². The number of hydrogen-bond donors (Lipinski definition) is 1. The standard InChI is InChI=1S/C5H7N3OS/c1-10-5-7-4(3-9)2-6-8-5/h2,9H,3H2,1H3. The van der Waals surface area contributed by atoms with Crippen molar-refractivity contribution in [2.24, 2.45) is 0 Å². The fourth-order valence-electron chi connectivity index (χ4n) is 0.482. The zero-order valence-corrected chi connectivity index (χ0v) is 6.30. The summed E-state index contributed by atoms with van der Waals surface area (Å²) >= 11 is 1.40. The average molecular weight is 157 g/mol. The van der Waals surface area contributed by atoms with Crippen molar-refractivity contribution in [3.05, 3.63) is 11.9 Å². The average Bonchev–Trinajstić information content (AvgIpc) is 2.05. The van der Waals surface area contributed by atoms with Gasteiger partial charge in [0.25, 0.3) is 0 Å². The van der Waals surface area contributed by atoms with Gasteiger partial charge in [0.05, 0.1) is 18.5 Å². The highest BCUT2D eigenvalue weighted by Crippen LogP contribution is 2.05. The van der Waals surface area contributed by atoms with Crippen LogP contribution in [-0.2, 0) is 6.61 Å². The molecule has 0 unspecified atom stereocenters. The zero-order valence-electron chi connectivity index (χ0n) is 5.48. The SMILES string of the molecule is CSc1nncc(CO)n1. The van der Waals surface area contributed by atoms with Gasteiger partial charge in [0.2, 0.25) is 5.16 Å². The van der Waals surface area contributed by atoms with Crippen LogP contribution in [0.4, 0.5) is 0 Å². The van der Waals surface area contributed by atoms with Gasteiger partial charge in [-0.25, -0.2) is 4.98 Å². The molecule has 10 heavy (non-hydrogen) atoms. The van der Waals surface area contributed by atoms with Crippen LogP contribution in [0.3, 0.4) is 0 Å². The monoisotopic (exact) mass is 157 g/mol. The molecule has 0 bridgehead atoms. The Bertz CT molecular complexity index is 199. The molecule has 0 aromatic carbocycles. The number of hydrogen-bond acceptors (Lipinski definition) is 5. The first kappa shape index (κ1) is 7.43. The Kier molecular flexibility index (Phi) is 2.58. The normalized spacial score (nSPS) is 9.80. The third kappa shape index (κ3) is 1.65. The summed E-state index contributed by atoms with van der Waals surface area (Å²) in [6.07, 6.45) is 3.30. The first-order valence-electron chi connectivity index (χ1n) is 2.70. The molecule has 0 amide bonds. The van der Waals surface area contributed by atoms with Crippen LogP contribution < -0.4 is 0 Å². The van der Waals surface area contributed by atoms with Gasteiger partial charge in [-0.3, -0.25) is 0 Å². The molecule has 0 fully saturated rings. The highest BCUT2D eigenvalue weighted by molar-refractivity contribution is 7.98. The molecule has 0 saturated carbocycles. The molecule has 5 heteroatoms. The summed E-state index contributed by atoms with van der Waals surface area (Å²) in [6, 6.07) is 0. The van der Waals surface area contributed by atoms with Crippen LogP contribution >= 0.6 is 11.8 Å². The van der Waals surface area contributed by atoms with E-state index in [-0.39, 0.29) is 6.61 Å². The maximum absolute atomic E-state index is 8.62. The van der Waals surface area contributed by atoms with E-state index in [9.17, 15) is 0 Å². The van der Waals surface area contributed by atoms with Gasteiger partial charge >= 0.3 is 0 Å². The summed E-state index contributed by atoms with van der Waals surface area (Å²) in [5.74, 6) is 0. The largest absolute Gasteiger partial charge is 0.390 e. The minimum absolute atomic E-state index is 0.0803. The first-order chi connectivity index (χ1) is 4.86. The van der Waals surface area contributed by atoms with Gasteiger partial charge in [0.1, 0.15) is 0 Å². The second kappa shape index (κ2) is 3.48. The minimum Gasteiger partial charge on any atom is -0.390 e. The Morgan fingerprint density at radius 3 is 3.10 bits per heavy atom. The highest BCUT2D eigenvalue weighted by atomic mass is 32.2. The molecule has 54 valence electrons. The molecule has 0 aliphatic carbocycles. The summed E-state index contributed by atoms with van der Waals surface area (Å²) in [4.78, 5) is 3.95. The maximum Gasteiger partial charge on any atom is 0.209 e. The molecule has 1 heterocycles. The molecule has 0 saturated heterocycles. The van der Waals surface area contributed by atoms with Crippen molar-refractivity contribution >= 4 is 11.8 Å². The van der Waals surface area contributed by atoms with Crippen LogP contribution in [-0.4, -0.2) is 26.5 Å². The van der Waals surface area contributed by atoms with E-state index in [1.807, 2.05) is 6.26 Å². The van der Waals surface area contributed by atoms with E-state index >= 15 is 0 Å². The Morgan fingerprint density at radius 1 is 1.70 bits per heavy atom.